The fourth-order valence-corrected chi connectivity index (χ4v) is 5.55. The van der Waals surface area contributed by atoms with E-state index in [-0.39, 0.29) is 24.8 Å². The van der Waals surface area contributed by atoms with Crippen LogP contribution in [0.4, 0.5) is 5.82 Å². The Morgan fingerprint density at radius 3 is 2.44 bits per heavy atom. The van der Waals surface area contributed by atoms with Gasteiger partial charge in [0.15, 0.2) is 0 Å². The number of rotatable bonds is 3. The predicted molar refractivity (Wildman–Crippen MR) is 146 cm³/mol. The molecule has 0 aliphatic carbocycles. The van der Waals surface area contributed by atoms with Crippen LogP contribution >= 0.6 is 24.8 Å². The van der Waals surface area contributed by atoms with Crippen molar-refractivity contribution in [2.24, 2.45) is 12.5 Å². The Labute approximate surface area is 223 Å². The molecule has 6 rings (SSSR count). The third-order valence-electron chi connectivity index (χ3n) is 7.54. The zero-order valence-electron chi connectivity index (χ0n) is 20.2. The van der Waals surface area contributed by atoms with Gasteiger partial charge in [-0.2, -0.15) is 15.5 Å². The van der Waals surface area contributed by atoms with Gasteiger partial charge in [-0.25, -0.2) is 9.50 Å². The molecular weight excluding hydrogens is 495 g/mol. The number of piperidine rings is 2. The van der Waals surface area contributed by atoms with Gasteiger partial charge >= 0.3 is 0 Å². The van der Waals surface area contributed by atoms with E-state index in [1.165, 1.54) is 25.7 Å². The molecule has 0 bridgehead atoms. The van der Waals surface area contributed by atoms with Gasteiger partial charge in [0.2, 0.25) is 0 Å². The lowest BCUT2D eigenvalue weighted by Crippen LogP contribution is -2.48. The molecule has 188 valence electrons. The molecule has 0 radical (unpaired) electrons. The highest BCUT2D eigenvalue weighted by molar-refractivity contribution is 5.87. The molecule has 36 heavy (non-hydrogen) atoms. The SMILES string of the molecule is Cl.Cl.Cn1cc(-c2cc(-c3ccc(N4CCC5(CCCNC5)CC4)nc3)c3c(C#N)cnn3c2)cn1. The van der Waals surface area contributed by atoms with Crippen molar-refractivity contribution in [1.82, 2.24) is 29.7 Å². The van der Waals surface area contributed by atoms with Gasteiger partial charge in [0.25, 0.3) is 0 Å². The number of nitriles is 1. The van der Waals surface area contributed by atoms with Gasteiger partial charge in [0.1, 0.15) is 11.9 Å². The van der Waals surface area contributed by atoms with Crippen LogP contribution in [0.2, 0.25) is 0 Å². The van der Waals surface area contributed by atoms with E-state index < -0.39 is 0 Å². The maximum absolute atomic E-state index is 9.66. The third kappa shape index (κ3) is 4.66. The molecule has 2 fully saturated rings. The van der Waals surface area contributed by atoms with Crippen LogP contribution in [-0.2, 0) is 7.05 Å². The summed E-state index contributed by atoms with van der Waals surface area (Å²) in [6.07, 6.45) is 14.4. The number of aryl methyl sites for hydroxylation is 1. The predicted octanol–water partition coefficient (Wildman–Crippen LogP) is 4.48. The second-order valence-corrected chi connectivity index (χ2v) is 9.68. The third-order valence-corrected chi connectivity index (χ3v) is 7.54. The summed E-state index contributed by atoms with van der Waals surface area (Å²) in [5, 5.41) is 22.0. The molecule has 1 spiro atoms. The summed E-state index contributed by atoms with van der Waals surface area (Å²) in [6, 6.07) is 8.61. The van der Waals surface area contributed by atoms with Crippen LogP contribution in [0.3, 0.4) is 0 Å². The van der Waals surface area contributed by atoms with Crippen molar-refractivity contribution in [2.75, 3.05) is 31.1 Å². The Kier molecular flexibility index (Phi) is 7.55. The Morgan fingerprint density at radius 1 is 0.972 bits per heavy atom. The largest absolute Gasteiger partial charge is 0.357 e. The van der Waals surface area contributed by atoms with Crippen molar-refractivity contribution in [3.8, 4) is 28.3 Å². The summed E-state index contributed by atoms with van der Waals surface area (Å²) in [6.45, 7) is 4.42. The zero-order valence-corrected chi connectivity index (χ0v) is 21.9. The number of pyridine rings is 2. The van der Waals surface area contributed by atoms with E-state index in [1.807, 2.05) is 31.8 Å². The second-order valence-electron chi connectivity index (χ2n) is 9.68. The first kappa shape index (κ1) is 26.0. The topological polar surface area (TPSA) is 87.1 Å². The number of fused-ring (bicyclic) bond motifs is 1. The molecule has 2 aliphatic heterocycles. The minimum Gasteiger partial charge on any atom is -0.357 e. The van der Waals surface area contributed by atoms with E-state index in [4.69, 9.17) is 4.98 Å². The number of nitrogens with one attached hydrogen (secondary N) is 1. The Morgan fingerprint density at radius 2 is 1.81 bits per heavy atom. The Balaban J connectivity index is 0.00000152. The van der Waals surface area contributed by atoms with Gasteiger partial charge in [-0.1, -0.05) is 0 Å². The minimum atomic E-state index is 0. The molecular formula is C26H30Cl2N8. The number of aromatic nitrogens is 5. The molecule has 0 amide bonds. The van der Waals surface area contributed by atoms with Gasteiger partial charge in [-0.3, -0.25) is 4.68 Å². The molecule has 6 heterocycles. The average Bonchev–Trinajstić information content (AvgIpc) is 3.50. The van der Waals surface area contributed by atoms with E-state index >= 15 is 0 Å². The molecule has 4 aromatic rings. The van der Waals surface area contributed by atoms with Crippen molar-refractivity contribution < 1.29 is 0 Å². The summed E-state index contributed by atoms with van der Waals surface area (Å²) in [7, 11) is 1.90. The standard InChI is InChI=1S/C26H28N8.2ClH/c1-32-16-22(15-30-32)20-11-23(25-21(12-27)14-31-34(25)17-20)19-3-4-24(29-13-19)33-9-6-26(7-10-33)5-2-8-28-18-26;;/h3-4,11,13-17,28H,2,5-10,18H2,1H3;2*1H. The zero-order chi connectivity index (χ0) is 23.1. The summed E-state index contributed by atoms with van der Waals surface area (Å²) >= 11 is 0. The van der Waals surface area contributed by atoms with Crippen molar-refractivity contribution >= 4 is 36.1 Å². The van der Waals surface area contributed by atoms with Crippen molar-refractivity contribution in [3.05, 3.63) is 54.7 Å². The number of hydrogen-bond acceptors (Lipinski definition) is 6. The van der Waals surface area contributed by atoms with Crippen molar-refractivity contribution in [2.45, 2.75) is 25.7 Å². The van der Waals surface area contributed by atoms with E-state index in [0.29, 0.717) is 11.0 Å². The number of hydrogen-bond donors (Lipinski definition) is 1. The van der Waals surface area contributed by atoms with Crippen LogP contribution in [0.5, 0.6) is 0 Å². The highest BCUT2D eigenvalue weighted by Gasteiger charge is 2.35. The fourth-order valence-electron chi connectivity index (χ4n) is 5.55. The molecule has 2 aliphatic rings. The molecule has 1 N–H and O–H groups in total. The lowest BCUT2D eigenvalue weighted by molar-refractivity contribution is 0.161. The van der Waals surface area contributed by atoms with Crippen LogP contribution in [0.1, 0.15) is 31.2 Å². The van der Waals surface area contributed by atoms with E-state index in [2.05, 4.69) is 44.7 Å². The summed E-state index contributed by atoms with van der Waals surface area (Å²) in [5.74, 6) is 1.02. The molecule has 4 aromatic heterocycles. The molecule has 2 saturated heterocycles. The highest BCUT2D eigenvalue weighted by Crippen LogP contribution is 2.38. The van der Waals surface area contributed by atoms with E-state index in [0.717, 1.165) is 59.8 Å². The summed E-state index contributed by atoms with van der Waals surface area (Å²) in [4.78, 5) is 7.25. The lowest BCUT2D eigenvalue weighted by Gasteiger charge is -2.44. The monoisotopic (exact) mass is 524 g/mol. The quantitative estimate of drug-likeness (QED) is 0.425. The smallest absolute Gasteiger partial charge is 0.128 e. The van der Waals surface area contributed by atoms with Gasteiger partial charge < -0.3 is 10.2 Å². The van der Waals surface area contributed by atoms with Crippen molar-refractivity contribution in [3.63, 3.8) is 0 Å². The summed E-state index contributed by atoms with van der Waals surface area (Å²) in [5.41, 5.74) is 5.75. The molecule has 8 nitrogen and oxygen atoms in total. The maximum Gasteiger partial charge on any atom is 0.128 e. The first-order chi connectivity index (χ1) is 16.6. The van der Waals surface area contributed by atoms with Crippen LogP contribution in [0, 0.1) is 16.7 Å². The Bertz CT molecular complexity index is 1370. The van der Waals surface area contributed by atoms with Gasteiger partial charge in [-0.05, 0) is 55.8 Å². The molecule has 0 aromatic carbocycles. The van der Waals surface area contributed by atoms with Gasteiger partial charge in [0.05, 0.1) is 23.5 Å². The van der Waals surface area contributed by atoms with Crippen LogP contribution in [-0.4, -0.2) is 50.6 Å². The molecule has 0 unspecified atom stereocenters. The number of halogens is 2. The normalized spacial score (nSPS) is 16.8. The Hall–Kier alpha value is -3.12. The van der Waals surface area contributed by atoms with Crippen molar-refractivity contribution in [1.29, 1.82) is 5.26 Å². The second kappa shape index (κ2) is 10.5. The van der Waals surface area contributed by atoms with Crippen LogP contribution in [0.25, 0.3) is 27.8 Å². The summed E-state index contributed by atoms with van der Waals surface area (Å²) < 4.78 is 3.57. The van der Waals surface area contributed by atoms with E-state index in [9.17, 15) is 5.26 Å². The number of nitrogens with zero attached hydrogens (tertiary/aromatic N) is 7. The average molecular weight is 525 g/mol. The van der Waals surface area contributed by atoms with Gasteiger partial charge in [-0.15, -0.1) is 24.8 Å². The van der Waals surface area contributed by atoms with Crippen LogP contribution < -0.4 is 10.2 Å². The lowest BCUT2D eigenvalue weighted by atomic mass is 9.73. The number of anilines is 1. The maximum atomic E-state index is 9.66. The molecule has 10 heteroatoms. The minimum absolute atomic E-state index is 0. The molecule has 0 atom stereocenters. The first-order valence-corrected chi connectivity index (χ1v) is 12.0. The van der Waals surface area contributed by atoms with Gasteiger partial charge in [0, 0.05) is 67.5 Å². The highest BCUT2D eigenvalue weighted by atomic mass is 35.5. The fraction of sp³-hybridized carbons (Fsp3) is 0.385. The van der Waals surface area contributed by atoms with Crippen LogP contribution in [0.15, 0.2) is 49.2 Å². The molecule has 0 saturated carbocycles. The van der Waals surface area contributed by atoms with E-state index in [1.54, 1.807) is 15.4 Å². The first-order valence-electron chi connectivity index (χ1n) is 12.0.